The third kappa shape index (κ3) is 4.32. The van der Waals surface area contributed by atoms with Crippen molar-refractivity contribution in [3.05, 3.63) is 106 Å². The van der Waals surface area contributed by atoms with E-state index in [2.05, 4.69) is 4.98 Å². The van der Waals surface area contributed by atoms with E-state index < -0.39 is 5.97 Å². The molecule has 0 saturated carbocycles. The second-order valence-electron chi connectivity index (χ2n) is 6.54. The Labute approximate surface area is 167 Å². The minimum atomic E-state index is -0.498. The summed E-state index contributed by atoms with van der Waals surface area (Å²) in [6.07, 6.45) is 1.72. The van der Waals surface area contributed by atoms with Crippen LogP contribution in [0.15, 0.2) is 83.8 Å². The molecule has 4 aromatic rings. The van der Waals surface area contributed by atoms with Crippen molar-refractivity contribution in [3.63, 3.8) is 0 Å². The number of hydrogen-bond acceptors (Lipinski definition) is 5. The first kappa shape index (κ1) is 18.4. The molecule has 0 saturated heterocycles. The molecule has 0 atom stereocenters. The zero-order valence-corrected chi connectivity index (χ0v) is 15.7. The fraction of sp³-hybridized carbons (Fsp3) is 0.0870. The van der Waals surface area contributed by atoms with Crippen molar-refractivity contribution in [2.24, 2.45) is 0 Å². The van der Waals surface area contributed by atoms with Gasteiger partial charge >= 0.3 is 5.97 Å². The van der Waals surface area contributed by atoms with Crippen molar-refractivity contribution in [2.45, 2.75) is 13.5 Å². The Kier molecular flexibility index (Phi) is 5.07. The van der Waals surface area contributed by atoms with Crippen molar-refractivity contribution < 1.29 is 14.3 Å². The number of fused-ring (bicyclic) bond motifs is 1. The van der Waals surface area contributed by atoms with Crippen molar-refractivity contribution in [1.29, 1.82) is 0 Å². The second kappa shape index (κ2) is 7.98. The Balaban J connectivity index is 1.42. The lowest BCUT2D eigenvalue weighted by atomic mass is 10.2. The Morgan fingerprint density at radius 3 is 2.45 bits per heavy atom. The third-order valence-electron chi connectivity index (χ3n) is 4.28. The van der Waals surface area contributed by atoms with Gasteiger partial charge in [-0.3, -0.25) is 9.20 Å². The maximum atomic E-state index is 12.3. The highest BCUT2D eigenvalue weighted by atomic mass is 16.5. The average molecular weight is 386 g/mol. The molecule has 4 rings (SSSR count). The molecule has 0 fully saturated rings. The molecule has 2 heterocycles. The zero-order valence-electron chi connectivity index (χ0n) is 15.7. The number of rotatable bonds is 5. The maximum absolute atomic E-state index is 12.3. The van der Waals surface area contributed by atoms with Gasteiger partial charge in [0, 0.05) is 12.3 Å². The molecule has 0 aliphatic heterocycles. The fourth-order valence-corrected chi connectivity index (χ4v) is 2.84. The van der Waals surface area contributed by atoms with Crippen molar-refractivity contribution in [3.8, 4) is 11.5 Å². The standard InChI is InChI=1S/C23H18N2O4/c1-16-7-12-21-24-18(13-22(26)25(21)14-16)15-28-23(27)17-8-10-20(11-9-17)29-19-5-3-2-4-6-19/h2-14H,15H2,1H3. The first-order valence-electron chi connectivity index (χ1n) is 9.07. The van der Waals surface area contributed by atoms with Gasteiger partial charge in [-0.05, 0) is 55.0 Å². The summed E-state index contributed by atoms with van der Waals surface area (Å²) in [7, 11) is 0. The molecular weight excluding hydrogens is 368 g/mol. The van der Waals surface area contributed by atoms with Gasteiger partial charge in [0.15, 0.2) is 0 Å². The normalized spacial score (nSPS) is 10.7. The number of hydrogen-bond donors (Lipinski definition) is 0. The predicted molar refractivity (Wildman–Crippen MR) is 108 cm³/mol. The Hall–Kier alpha value is -3.93. The van der Waals surface area contributed by atoms with Gasteiger partial charge in [0.1, 0.15) is 23.8 Å². The van der Waals surface area contributed by atoms with Gasteiger partial charge in [-0.2, -0.15) is 0 Å². The van der Waals surface area contributed by atoms with Gasteiger partial charge in [0.25, 0.3) is 5.56 Å². The van der Waals surface area contributed by atoms with Crippen molar-refractivity contribution >= 4 is 11.6 Å². The first-order chi connectivity index (χ1) is 14.1. The number of carbonyl (C=O) groups excluding carboxylic acids is 1. The Morgan fingerprint density at radius 1 is 0.966 bits per heavy atom. The lowest BCUT2D eigenvalue weighted by molar-refractivity contribution is 0.0467. The third-order valence-corrected chi connectivity index (χ3v) is 4.28. The molecule has 6 nitrogen and oxygen atoms in total. The fourth-order valence-electron chi connectivity index (χ4n) is 2.84. The van der Waals surface area contributed by atoms with E-state index in [-0.39, 0.29) is 12.2 Å². The summed E-state index contributed by atoms with van der Waals surface area (Å²) in [5.74, 6) is 0.834. The highest BCUT2D eigenvalue weighted by Gasteiger charge is 2.10. The second-order valence-corrected chi connectivity index (χ2v) is 6.54. The number of aromatic nitrogens is 2. The van der Waals surface area contributed by atoms with E-state index in [4.69, 9.17) is 9.47 Å². The topological polar surface area (TPSA) is 69.9 Å². The van der Waals surface area contributed by atoms with E-state index in [1.165, 1.54) is 10.5 Å². The number of benzene rings is 2. The van der Waals surface area contributed by atoms with Crippen LogP contribution >= 0.6 is 0 Å². The molecule has 0 spiro atoms. The van der Waals surface area contributed by atoms with Crippen LogP contribution in [0.5, 0.6) is 11.5 Å². The number of esters is 1. The molecular formula is C23H18N2O4. The summed E-state index contributed by atoms with van der Waals surface area (Å²) < 4.78 is 12.5. The van der Waals surface area contributed by atoms with Crippen molar-refractivity contribution in [1.82, 2.24) is 9.38 Å². The highest BCUT2D eigenvalue weighted by Crippen LogP contribution is 2.21. The molecule has 0 bridgehead atoms. The van der Waals surface area contributed by atoms with Crippen molar-refractivity contribution in [2.75, 3.05) is 0 Å². The Morgan fingerprint density at radius 2 is 1.69 bits per heavy atom. The highest BCUT2D eigenvalue weighted by molar-refractivity contribution is 5.89. The van der Waals surface area contributed by atoms with Gasteiger partial charge in [-0.25, -0.2) is 9.78 Å². The molecule has 144 valence electrons. The molecule has 2 aromatic heterocycles. The molecule has 0 radical (unpaired) electrons. The Bertz CT molecular complexity index is 1220. The lowest BCUT2D eigenvalue weighted by Gasteiger charge is -2.08. The molecule has 0 unspecified atom stereocenters. The van der Waals surface area contributed by atoms with Crippen LogP contribution in [0.3, 0.4) is 0 Å². The number of ether oxygens (including phenoxy) is 2. The molecule has 0 aliphatic carbocycles. The van der Waals surface area contributed by atoms with Crippen LogP contribution in [-0.4, -0.2) is 15.4 Å². The molecule has 0 amide bonds. The summed E-state index contributed by atoms with van der Waals surface area (Å²) in [5.41, 5.74) is 2.04. The maximum Gasteiger partial charge on any atom is 0.338 e. The minimum Gasteiger partial charge on any atom is -0.457 e. The summed E-state index contributed by atoms with van der Waals surface area (Å²) >= 11 is 0. The van der Waals surface area contributed by atoms with E-state index >= 15 is 0 Å². The van der Waals surface area contributed by atoms with Crippen LogP contribution in [0, 0.1) is 6.92 Å². The van der Waals surface area contributed by atoms with Crippen LogP contribution in [0.4, 0.5) is 0 Å². The smallest absolute Gasteiger partial charge is 0.338 e. The van der Waals surface area contributed by atoms with Gasteiger partial charge in [0.2, 0.25) is 0 Å². The van der Waals surface area contributed by atoms with E-state index in [0.717, 1.165) is 5.56 Å². The molecule has 6 heteroatoms. The summed E-state index contributed by atoms with van der Waals surface area (Å²) in [5, 5.41) is 0. The van der Waals surface area contributed by atoms with Crippen LogP contribution in [-0.2, 0) is 11.3 Å². The SMILES string of the molecule is Cc1ccc2nc(COC(=O)c3ccc(Oc4ccccc4)cc3)cc(=O)n2c1. The van der Waals surface area contributed by atoms with Crippen LogP contribution in [0.2, 0.25) is 0 Å². The number of pyridine rings is 1. The quantitative estimate of drug-likeness (QED) is 0.482. The van der Waals surface area contributed by atoms with Gasteiger partial charge < -0.3 is 9.47 Å². The van der Waals surface area contributed by atoms with E-state index in [9.17, 15) is 9.59 Å². The monoisotopic (exact) mass is 386 g/mol. The summed E-state index contributed by atoms with van der Waals surface area (Å²) in [6, 6.07) is 21.0. The molecule has 0 N–H and O–H groups in total. The number of nitrogens with zero attached hydrogens (tertiary/aromatic N) is 2. The molecule has 0 aliphatic rings. The van der Waals surface area contributed by atoms with Gasteiger partial charge in [-0.1, -0.05) is 24.3 Å². The largest absolute Gasteiger partial charge is 0.457 e. The zero-order chi connectivity index (χ0) is 20.2. The lowest BCUT2D eigenvalue weighted by Crippen LogP contribution is -2.16. The summed E-state index contributed by atoms with van der Waals surface area (Å²) in [6.45, 7) is 1.82. The molecule has 2 aromatic carbocycles. The first-order valence-corrected chi connectivity index (χ1v) is 9.07. The van der Waals surface area contributed by atoms with Gasteiger partial charge in [0.05, 0.1) is 11.3 Å². The van der Waals surface area contributed by atoms with Crippen LogP contribution in [0.25, 0.3) is 5.65 Å². The van der Waals surface area contributed by atoms with E-state index in [0.29, 0.717) is 28.4 Å². The van der Waals surface area contributed by atoms with Crippen LogP contribution < -0.4 is 10.3 Å². The predicted octanol–water partition coefficient (Wildman–Crippen LogP) is 4.15. The molecule has 29 heavy (non-hydrogen) atoms. The number of para-hydroxylation sites is 1. The van der Waals surface area contributed by atoms with E-state index in [1.54, 1.807) is 36.5 Å². The van der Waals surface area contributed by atoms with Crippen LogP contribution in [0.1, 0.15) is 21.6 Å². The minimum absolute atomic E-state index is 0.0826. The average Bonchev–Trinajstić information content (AvgIpc) is 2.74. The number of aryl methyl sites for hydroxylation is 1. The van der Waals surface area contributed by atoms with E-state index in [1.807, 2.05) is 43.3 Å². The number of carbonyl (C=O) groups is 1. The summed E-state index contributed by atoms with van der Waals surface area (Å²) in [4.78, 5) is 28.9. The van der Waals surface area contributed by atoms with Gasteiger partial charge in [-0.15, -0.1) is 0 Å².